The van der Waals surface area contributed by atoms with E-state index in [-0.39, 0.29) is 6.03 Å². The summed E-state index contributed by atoms with van der Waals surface area (Å²) in [6.45, 7) is 8.37. The predicted octanol–water partition coefficient (Wildman–Crippen LogP) is 1.75. The van der Waals surface area contributed by atoms with Crippen LogP contribution < -0.4 is 20.4 Å². The fourth-order valence-electron chi connectivity index (χ4n) is 4.20. The van der Waals surface area contributed by atoms with Gasteiger partial charge in [0.05, 0.1) is 23.1 Å². The second-order valence-corrected chi connectivity index (χ2v) is 7.53. The van der Waals surface area contributed by atoms with Gasteiger partial charge in [-0.05, 0) is 26.3 Å². The lowest BCUT2D eigenvalue weighted by Crippen LogP contribution is -2.43. The van der Waals surface area contributed by atoms with Gasteiger partial charge in [-0.25, -0.2) is 14.3 Å². The molecular formula is C20H24N8O. The largest absolute Gasteiger partial charge is 0.369 e. The summed E-state index contributed by atoms with van der Waals surface area (Å²) in [7, 11) is 0. The van der Waals surface area contributed by atoms with Crippen molar-refractivity contribution in [3.63, 3.8) is 0 Å². The molecule has 9 nitrogen and oxygen atoms in total. The molecule has 3 aromatic heterocycles. The SMILES string of the molecule is Cc1cn2nc(NC(=O)N3CCc4c(N5CCNCC5)ccnc43)cc2c(C)n1. The molecule has 5 rings (SSSR count). The Labute approximate surface area is 168 Å². The van der Waals surface area contributed by atoms with Crippen molar-refractivity contribution in [1.29, 1.82) is 0 Å². The molecular weight excluding hydrogens is 368 g/mol. The number of fused-ring (bicyclic) bond motifs is 2. The average molecular weight is 392 g/mol. The number of urea groups is 1. The van der Waals surface area contributed by atoms with Crippen molar-refractivity contribution >= 4 is 28.9 Å². The Bertz CT molecular complexity index is 1090. The minimum absolute atomic E-state index is 0.209. The molecule has 0 atom stereocenters. The lowest BCUT2D eigenvalue weighted by atomic mass is 10.1. The molecule has 1 saturated heterocycles. The van der Waals surface area contributed by atoms with Gasteiger partial charge in [0.2, 0.25) is 0 Å². The number of carbonyl (C=O) groups is 1. The fraction of sp³-hybridized carbons (Fsp3) is 0.400. The highest BCUT2D eigenvalue weighted by Gasteiger charge is 2.30. The van der Waals surface area contributed by atoms with Gasteiger partial charge in [-0.3, -0.25) is 15.2 Å². The zero-order chi connectivity index (χ0) is 20.0. The Hall–Kier alpha value is -3.20. The van der Waals surface area contributed by atoms with Crippen LogP contribution in [-0.4, -0.2) is 58.3 Å². The first kappa shape index (κ1) is 17.9. The third-order valence-corrected chi connectivity index (χ3v) is 5.55. The van der Waals surface area contributed by atoms with Crippen LogP contribution in [-0.2, 0) is 6.42 Å². The highest BCUT2D eigenvalue weighted by atomic mass is 16.2. The third-order valence-electron chi connectivity index (χ3n) is 5.55. The van der Waals surface area contributed by atoms with Crippen LogP contribution in [0, 0.1) is 13.8 Å². The van der Waals surface area contributed by atoms with E-state index in [1.54, 1.807) is 15.6 Å². The molecule has 0 radical (unpaired) electrons. The van der Waals surface area contributed by atoms with Crippen molar-refractivity contribution in [1.82, 2.24) is 24.9 Å². The number of hydrogen-bond donors (Lipinski definition) is 2. The van der Waals surface area contributed by atoms with E-state index < -0.39 is 0 Å². The van der Waals surface area contributed by atoms with E-state index in [1.165, 1.54) is 5.69 Å². The van der Waals surface area contributed by atoms with Gasteiger partial charge in [-0.2, -0.15) is 0 Å². The number of aromatic nitrogens is 4. The number of pyridine rings is 1. The van der Waals surface area contributed by atoms with E-state index in [4.69, 9.17) is 0 Å². The molecule has 29 heavy (non-hydrogen) atoms. The molecule has 2 aliphatic heterocycles. The van der Waals surface area contributed by atoms with Crippen LogP contribution in [0.15, 0.2) is 24.5 Å². The quantitative estimate of drug-likeness (QED) is 0.691. The molecule has 150 valence electrons. The lowest BCUT2D eigenvalue weighted by Gasteiger charge is -2.30. The Morgan fingerprint density at radius 2 is 2.03 bits per heavy atom. The molecule has 0 aliphatic carbocycles. The summed E-state index contributed by atoms with van der Waals surface area (Å²) in [6.07, 6.45) is 4.46. The maximum absolute atomic E-state index is 13.0. The topological polar surface area (TPSA) is 90.7 Å². The zero-order valence-electron chi connectivity index (χ0n) is 16.6. The molecule has 2 N–H and O–H groups in total. The van der Waals surface area contributed by atoms with Crippen molar-refractivity contribution in [3.8, 4) is 0 Å². The summed E-state index contributed by atoms with van der Waals surface area (Å²) in [5.74, 6) is 1.26. The molecule has 2 aliphatic rings. The van der Waals surface area contributed by atoms with Gasteiger partial charge >= 0.3 is 6.03 Å². The zero-order valence-corrected chi connectivity index (χ0v) is 16.6. The first-order valence-electron chi connectivity index (χ1n) is 9.96. The van der Waals surface area contributed by atoms with Crippen LogP contribution in [0.1, 0.15) is 17.0 Å². The van der Waals surface area contributed by atoms with Gasteiger partial charge in [0.25, 0.3) is 0 Å². The number of hydrogen-bond acceptors (Lipinski definition) is 6. The van der Waals surface area contributed by atoms with E-state index >= 15 is 0 Å². The number of piperazine rings is 1. The summed E-state index contributed by atoms with van der Waals surface area (Å²) >= 11 is 0. The predicted molar refractivity (Wildman–Crippen MR) is 112 cm³/mol. The van der Waals surface area contributed by atoms with Crippen LogP contribution >= 0.6 is 0 Å². The van der Waals surface area contributed by atoms with Crippen molar-refractivity contribution in [2.75, 3.05) is 47.8 Å². The van der Waals surface area contributed by atoms with Gasteiger partial charge < -0.3 is 10.2 Å². The molecule has 2 amide bonds. The van der Waals surface area contributed by atoms with E-state index in [9.17, 15) is 4.79 Å². The first-order chi connectivity index (χ1) is 14.1. The standard InChI is InChI=1S/C20H24N8O/c1-13-12-28-17(14(2)23-13)11-18(25-28)24-20(29)27-8-4-15-16(3-5-22-19(15)27)26-9-6-21-7-10-26/h3,5,11-12,21H,4,6-10H2,1-2H3,(H,24,25,29). The smallest absolute Gasteiger partial charge is 0.328 e. The molecule has 0 spiro atoms. The summed E-state index contributed by atoms with van der Waals surface area (Å²) in [5, 5.41) is 10.8. The molecule has 0 unspecified atom stereocenters. The number of nitrogens with zero attached hydrogens (tertiary/aromatic N) is 6. The summed E-state index contributed by atoms with van der Waals surface area (Å²) in [4.78, 5) is 26.0. The Morgan fingerprint density at radius 1 is 1.21 bits per heavy atom. The highest BCUT2D eigenvalue weighted by Crippen LogP contribution is 2.34. The number of nitrogens with one attached hydrogen (secondary N) is 2. The fourth-order valence-corrected chi connectivity index (χ4v) is 4.20. The van der Waals surface area contributed by atoms with Crippen LogP contribution in [0.2, 0.25) is 0 Å². The minimum Gasteiger partial charge on any atom is -0.369 e. The molecule has 1 fully saturated rings. The Morgan fingerprint density at radius 3 is 2.86 bits per heavy atom. The molecule has 0 bridgehead atoms. The van der Waals surface area contributed by atoms with Gasteiger partial charge in [-0.15, -0.1) is 5.10 Å². The number of rotatable bonds is 2. The third kappa shape index (κ3) is 3.17. The maximum atomic E-state index is 13.0. The second-order valence-electron chi connectivity index (χ2n) is 7.53. The number of amides is 2. The number of anilines is 3. The summed E-state index contributed by atoms with van der Waals surface area (Å²) < 4.78 is 1.76. The Kier molecular flexibility index (Phi) is 4.31. The first-order valence-corrected chi connectivity index (χ1v) is 9.96. The maximum Gasteiger partial charge on any atom is 0.328 e. The lowest BCUT2D eigenvalue weighted by molar-refractivity contribution is 0.257. The van der Waals surface area contributed by atoms with Gasteiger partial charge in [0.1, 0.15) is 5.82 Å². The minimum atomic E-state index is -0.209. The summed E-state index contributed by atoms with van der Waals surface area (Å²) in [5.41, 5.74) is 4.99. The molecule has 0 aromatic carbocycles. The average Bonchev–Trinajstić information content (AvgIpc) is 3.32. The normalized spacial score (nSPS) is 16.3. The summed E-state index contributed by atoms with van der Waals surface area (Å²) in [6, 6.07) is 3.70. The van der Waals surface area contributed by atoms with Crippen molar-refractivity contribution in [2.45, 2.75) is 20.3 Å². The van der Waals surface area contributed by atoms with E-state index in [0.717, 1.165) is 60.9 Å². The van der Waals surface area contributed by atoms with Crippen LogP contribution in [0.3, 0.4) is 0 Å². The highest BCUT2D eigenvalue weighted by molar-refractivity contribution is 6.02. The van der Waals surface area contributed by atoms with Gasteiger partial charge in [0.15, 0.2) is 5.82 Å². The monoisotopic (exact) mass is 392 g/mol. The number of aryl methyl sites for hydroxylation is 2. The van der Waals surface area contributed by atoms with Crippen molar-refractivity contribution < 1.29 is 4.79 Å². The molecule has 0 saturated carbocycles. The molecule has 9 heteroatoms. The Balaban J connectivity index is 1.39. The number of carbonyl (C=O) groups excluding carboxylic acids is 1. The van der Waals surface area contributed by atoms with Crippen LogP contribution in [0.25, 0.3) is 5.52 Å². The van der Waals surface area contributed by atoms with Crippen LogP contribution in [0.5, 0.6) is 0 Å². The van der Waals surface area contributed by atoms with Gasteiger partial charge in [-0.1, -0.05) is 0 Å². The van der Waals surface area contributed by atoms with E-state index in [2.05, 4.69) is 36.7 Å². The van der Waals surface area contributed by atoms with E-state index in [0.29, 0.717) is 12.4 Å². The van der Waals surface area contributed by atoms with Gasteiger partial charge in [0, 0.05) is 56.2 Å². The molecule has 5 heterocycles. The van der Waals surface area contributed by atoms with Crippen molar-refractivity contribution in [2.24, 2.45) is 0 Å². The van der Waals surface area contributed by atoms with E-state index in [1.807, 2.05) is 26.1 Å². The van der Waals surface area contributed by atoms with Crippen LogP contribution in [0.4, 0.5) is 22.1 Å². The molecule has 3 aromatic rings. The van der Waals surface area contributed by atoms with Crippen molar-refractivity contribution in [3.05, 3.63) is 41.5 Å². The second kappa shape index (κ2) is 7.00.